The van der Waals surface area contributed by atoms with Crippen LogP contribution in [-0.2, 0) is 14.3 Å². The van der Waals surface area contributed by atoms with E-state index in [0.29, 0.717) is 6.61 Å². The summed E-state index contributed by atoms with van der Waals surface area (Å²) in [5.74, 6) is -0.000494. The summed E-state index contributed by atoms with van der Waals surface area (Å²) < 4.78 is 10.3. The summed E-state index contributed by atoms with van der Waals surface area (Å²) in [5.41, 5.74) is 0. The van der Waals surface area contributed by atoms with Crippen LogP contribution in [0.2, 0.25) is 0 Å². The Hall–Kier alpha value is -0.610. The van der Waals surface area contributed by atoms with E-state index in [4.69, 9.17) is 9.47 Å². The van der Waals surface area contributed by atoms with Crippen LogP contribution >= 0.6 is 0 Å². The zero-order valence-electron chi connectivity index (χ0n) is 7.50. The summed E-state index contributed by atoms with van der Waals surface area (Å²) in [6.45, 7) is 2.07. The summed E-state index contributed by atoms with van der Waals surface area (Å²) in [7, 11) is 1.63. The van der Waals surface area contributed by atoms with Crippen molar-refractivity contribution in [1.82, 2.24) is 5.32 Å². The molecule has 1 saturated heterocycles. The second-order valence-corrected chi connectivity index (χ2v) is 2.97. The maximum Gasteiger partial charge on any atom is 0.217 e. The first kappa shape index (κ1) is 9.48. The second kappa shape index (κ2) is 4.42. The lowest BCUT2D eigenvalue weighted by molar-refractivity contribution is -0.155. The van der Waals surface area contributed by atoms with Crippen molar-refractivity contribution in [2.75, 3.05) is 13.7 Å². The van der Waals surface area contributed by atoms with Crippen LogP contribution in [0.3, 0.4) is 0 Å². The molecule has 12 heavy (non-hydrogen) atoms. The Balaban J connectivity index is 2.21. The fraction of sp³-hybridized carbons (Fsp3) is 0.875. The molecule has 0 aromatic heterocycles. The summed E-state index contributed by atoms with van der Waals surface area (Å²) in [5, 5.41) is 2.81. The van der Waals surface area contributed by atoms with Crippen molar-refractivity contribution in [2.24, 2.45) is 0 Å². The van der Waals surface area contributed by atoms with Gasteiger partial charge in [0.2, 0.25) is 5.91 Å². The average Bonchev–Trinajstić information content (AvgIpc) is 2.05. The van der Waals surface area contributed by atoms with E-state index in [0.717, 1.165) is 12.8 Å². The SMILES string of the molecule is CO[C@@H]1CC[C@@H](NC(C)=O)CO1. The Labute approximate surface area is 72.2 Å². The standard InChI is InChI=1S/C8H15NO3/c1-6(10)9-7-3-4-8(11-2)12-5-7/h7-8H,3-5H2,1-2H3,(H,9,10)/t7-,8+/m1/s1. The van der Waals surface area contributed by atoms with Crippen LogP contribution in [0.15, 0.2) is 0 Å². The summed E-state index contributed by atoms with van der Waals surface area (Å²) in [6, 6.07) is 0.161. The van der Waals surface area contributed by atoms with Gasteiger partial charge in [-0.2, -0.15) is 0 Å². The van der Waals surface area contributed by atoms with Gasteiger partial charge in [-0.1, -0.05) is 0 Å². The largest absolute Gasteiger partial charge is 0.356 e. The van der Waals surface area contributed by atoms with Gasteiger partial charge in [0.25, 0.3) is 0 Å². The minimum atomic E-state index is -0.0880. The molecule has 0 radical (unpaired) electrons. The van der Waals surface area contributed by atoms with Crippen molar-refractivity contribution in [2.45, 2.75) is 32.1 Å². The van der Waals surface area contributed by atoms with Gasteiger partial charge in [-0.15, -0.1) is 0 Å². The van der Waals surface area contributed by atoms with Gasteiger partial charge in [0.1, 0.15) is 0 Å². The van der Waals surface area contributed by atoms with Gasteiger partial charge in [0, 0.05) is 20.5 Å². The third kappa shape index (κ3) is 2.79. The van der Waals surface area contributed by atoms with Crippen molar-refractivity contribution >= 4 is 5.91 Å². The molecule has 70 valence electrons. The molecule has 1 fully saturated rings. The van der Waals surface area contributed by atoms with Crippen molar-refractivity contribution in [1.29, 1.82) is 0 Å². The highest BCUT2D eigenvalue weighted by Gasteiger charge is 2.21. The topological polar surface area (TPSA) is 47.6 Å². The van der Waals surface area contributed by atoms with Crippen LogP contribution in [-0.4, -0.2) is 32.0 Å². The van der Waals surface area contributed by atoms with Crippen LogP contribution in [0.4, 0.5) is 0 Å². The number of amides is 1. The van der Waals surface area contributed by atoms with Crippen molar-refractivity contribution in [3.05, 3.63) is 0 Å². The zero-order chi connectivity index (χ0) is 8.97. The first-order valence-corrected chi connectivity index (χ1v) is 4.14. The van der Waals surface area contributed by atoms with Gasteiger partial charge in [-0.3, -0.25) is 4.79 Å². The Morgan fingerprint density at radius 1 is 1.58 bits per heavy atom. The predicted molar refractivity (Wildman–Crippen MR) is 43.6 cm³/mol. The third-order valence-corrected chi connectivity index (χ3v) is 1.90. The van der Waals surface area contributed by atoms with E-state index < -0.39 is 0 Å². The van der Waals surface area contributed by atoms with Gasteiger partial charge in [-0.25, -0.2) is 0 Å². The maximum absolute atomic E-state index is 10.7. The van der Waals surface area contributed by atoms with Crippen LogP contribution in [0.25, 0.3) is 0 Å². The minimum absolute atomic E-state index is 0.000494. The monoisotopic (exact) mass is 173 g/mol. The van der Waals surface area contributed by atoms with E-state index >= 15 is 0 Å². The number of methoxy groups -OCH3 is 1. The van der Waals surface area contributed by atoms with Gasteiger partial charge in [0.15, 0.2) is 6.29 Å². The Bertz CT molecular complexity index is 152. The van der Waals surface area contributed by atoms with E-state index in [9.17, 15) is 4.79 Å². The van der Waals surface area contributed by atoms with E-state index in [2.05, 4.69) is 5.32 Å². The Morgan fingerprint density at radius 3 is 2.75 bits per heavy atom. The lowest BCUT2D eigenvalue weighted by atomic mass is 10.1. The number of carbonyl (C=O) groups excluding carboxylic acids is 1. The quantitative estimate of drug-likeness (QED) is 0.652. The summed E-state index contributed by atoms with van der Waals surface area (Å²) >= 11 is 0. The second-order valence-electron chi connectivity index (χ2n) is 2.97. The number of nitrogens with one attached hydrogen (secondary N) is 1. The number of hydrogen-bond donors (Lipinski definition) is 1. The first-order chi connectivity index (χ1) is 5.72. The van der Waals surface area contributed by atoms with Gasteiger partial charge in [-0.05, 0) is 6.42 Å². The third-order valence-electron chi connectivity index (χ3n) is 1.90. The number of rotatable bonds is 2. The minimum Gasteiger partial charge on any atom is -0.356 e. The lowest BCUT2D eigenvalue weighted by Gasteiger charge is -2.28. The predicted octanol–water partition coefficient (Wildman–Crippen LogP) is 0.274. The smallest absolute Gasteiger partial charge is 0.217 e. The molecular weight excluding hydrogens is 158 g/mol. The van der Waals surface area contributed by atoms with E-state index in [1.54, 1.807) is 7.11 Å². The Kier molecular flexibility index (Phi) is 3.49. The molecule has 4 nitrogen and oxygen atoms in total. The molecule has 0 aromatic rings. The molecule has 0 saturated carbocycles. The number of ether oxygens (including phenoxy) is 2. The van der Waals surface area contributed by atoms with Crippen LogP contribution < -0.4 is 5.32 Å². The highest BCUT2D eigenvalue weighted by Crippen LogP contribution is 2.13. The van der Waals surface area contributed by atoms with Gasteiger partial charge < -0.3 is 14.8 Å². The lowest BCUT2D eigenvalue weighted by Crippen LogP contribution is -2.42. The van der Waals surface area contributed by atoms with Gasteiger partial charge in [0.05, 0.1) is 12.6 Å². The molecule has 0 spiro atoms. The van der Waals surface area contributed by atoms with E-state index in [1.807, 2.05) is 0 Å². The molecule has 1 heterocycles. The normalized spacial score (nSPS) is 29.8. The molecule has 0 bridgehead atoms. The first-order valence-electron chi connectivity index (χ1n) is 4.14. The molecule has 0 aromatic carbocycles. The van der Waals surface area contributed by atoms with Crippen LogP contribution in [0.5, 0.6) is 0 Å². The molecule has 2 atom stereocenters. The summed E-state index contributed by atoms with van der Waals surface area (Å²) in [4.78, 5) is 10.7. The fourth-order valence-corrected chi connectivity index (χ4v) is 1.31. The highest BCUT2D eigenvalue weighted by atomic mass is 16.7. The molecule has 1 aliphatic rings. The van der Waals surface area contributed by atoms with E-state index in [-0.39, 0.29) is 18.2 Å². The molecule has 0 aliphatic carbocycles. The molecule has 1 N–H and O–H groups in total. The molecule has 0 unspecified atom stereocenters. The van der Waals surface area contributed by atoms with Crippen molar-refractivity contribution < 1.29 is 14.3 Å². The fourth-order valence-electron chi connectivity index (χ4n) is 1.31. The molecule has 1 rings (SSSR count). The highest BCUT2D eigenvalue weighted by molar-refractivity contribution is 5.73. The van der Waals surface area contributed by atoms with Crippen LogP contribution in [0, 0.1) is 0 Å². The number of hydrogen-bond acceptors (Lipinski definition) is 3. The van der Waals surface area contributed by atoms with Crippen molar-refractivity contribution in [3.8, 4) is 0 Å². The van der Waals surface area contributed by atoms with E-state index in [1.165, 1.54) is 6.92 Å². The maximum atomic E-state index is 10.7. The van der Waals surface area contributed by atoms with Gasteiger partial charge >= 0.3 is 0 Å². The number of carbonyl (C=O) groups is 1. The molecule has 1 amide bonds. The molecule has 4 heteroatoms. The average molecular weight is 173 g/mol. The van der Waals surface area contributed by atoms with Crippen molar-refractivity contribution in [3.63, 3.8) is 0 Å². The Morgan fingerprint density at radius 2 is 2.33 bits per heavy atom. The summed E-state index contributed by atoms with van der Waals surface area (Å²) in [6.07, 6.45) is 1.69. The zero-order valence-corrected chi connectivity index (χ0v) is 7.50. The van der Waals surface area contributed by atoms with Crippen LogP contribution in [0.1, 0.15) is 19.8 Å². The molecule has 1 aliphatic heterocycles. The molecular formula is C8H15NO3.